The zero-order chi connectivity index (χ0) is 24.3. The predicted octanol–water partition coefficient (Wildman–Crippen LogP) is 4.26. The van der Waals surface area contributed by atoms with E-state index in [0.29, 0.717) is 46.3 Å². The minimum Gasteiger partial charge on any atom is -0.497 e. The van der Waals surface area contributed by atoms with Crippen molar-refractivity contribution in [2.45, 2.75) is 17.4 Å². The number of sulfonamides is 1. The highest BCUT2D eigenvalue weighted by molar-refractivity contribution is 7.89. The van der Waals surface area contributed by atoms with E-state index in [1.54, 1.807) is 82.0 Å². The molecular weight excluding hydrogens is 456 g/mol. The highest BCUT2D eigenvalue weighted by atomic mass is 32.2. The van der Waals surface area contributed by atoms with Gasteiger partial charge >= 0.3 is 0 Å². The van der Waals surface area contributed by atoms with Crippen LogP contribution < -0.4 is 18.9 Å². The molecule has 0 amide bonds. The van der Waals surface area contributed by atoms with E-state index in [2.05, 4.69) is 5.10 Å². The number of ether oxygens (including phenoxy) is 4. The quantitative estimate of drug-likeness (QED) is 0.477. The van der Waals surface area contributed by atoms with Crippen molar-refractivity contribution in [3.8, 4) is 23.0 Å². The second-order valence-electron chi connectivity index (χ2n) is 7.54. The number of rotatable bonds is 8. The lowest BCUT2D eigenvalue weighted by atomic mass is 9.98. The molecule has 3 aromatic carbocycles. The molecular formula is C25H26N2O6S. The Bertz CT molecular complexity index is 1290. The number of hydrogen-bond acceptors (Lipinski definition) is 7. The van der Waals surface area contributed by atoms with Crippen molar-refractivity contribution in [1.29, 1.82) is 0 Å². The van der Waals surface area contributed by atoms with Crippen LogP contribution in [-0.2, 0) is 10.0 Å². The Kier molecular flexibility index (Phi) is 6.65. The van der Waals surface area contributed by atoms with Gasteiger partial charge in [0.2, 0.25) is 0 Å². The summed E-state index contributed by atoms with van der Waals surface area (Å²) in [5, 5.41) is 4.60. The first-order valence-electron chi connectivity index (χ1n) is 10.5. The Morgan fingerprint density at radius 1 is 0.824 bits per heavy atom. The van der Waals surface area contributed by atoms with E-state index >= 15 is 0 Å². The van der Waals surface area contributed by atoms with Crippen molar-refractivity contribution in [2.75, 3.05) is 28.4 Å². The standard InChI is InChI=1S/C25H26N2O6S/c1-30-18-13-17(14-19(15-18)31-2)22-16-23(21-11-8-12-24(32-3)25(21)33-4)27(26-22)34(28,29)20-9-6-5-7-10-20/h5-15,23H,16H2,1-4H3. The fraction of sp³-hybridized carbons (Fsp3) is 0.240. The van der Waals surface area contributed by atoms with Crippen molar-refractivity contribution in [1.82, 2.24) is 4.41 Å². The number of nitrogens with zero attached hydrogens (tertiary/aromatic N) is 2. The van der Waals surface area contributed by atoms with Gasteiger partial charge in [-0.1, -0.05) is 30.3 Å². The molecule has 0 aliphatic carbocycles. The first kappa shape index (κ1) is 23.4. The second kappa shape index (κ2) is 9.64. The van der Waals surface area contributed by atoms with Gasteiger partial charge in [-0.3, -0.25) is 0 Å². The van der Waals surface area contributed by atoms with Gasteiger partial charge in [0, 0.05) is 23.6 Å². The van der Waals surface area contributed by atoms with Crippen LogP contribution in [0.25, 0.3) is 0 Å². The Morgan fingerprint density at radius 2 is 1.50 bits per heavy atom. The van der Waals surface area contributed by atoms with Crippen LogP contribution >= 0.6 is 0 Å². The van der Waals surface area contributed by atoms with Crippen LogP contribution in [-0.4, -0.2) is 47.0 Å². The lowest BCUT2D eigenvalue weighted by molar-refractivity contribution is 0.328. The Hall–Kier alpha value is -3.72. The van der Waals surface area contributed by atoms with E-state index in [1.807, 2.05) is 6.07 Å². The van der Waals surface area contributed by atoms with Gasteiger partial charge in [-0.05, 0) is 30.3 Å². The van der Waals surface area contributed by atoms with Crippen LogP contribution in [0.4, 0.5) is 0 Å². The van der Waals surface area contributed by atoms with Gasteiger partial charge in [-0.2, -0.15) is 17.9 Å². The molecule has 0 bridgehead atoms. The van der Waals surface area contributed by atoms with Gasteiger partial charge in [0.1, 0.15) is 11.5 Å². The first-order valence-corrected chi connectivity index (χ1v) is 12.0. The van der Waals surface area contributed by atoms with Crippen LogP contribution in [0.5, 0.6) is 23.0 Å². The highest BCUT2D eigenvalue weighted by Gasteiger charge is 2.39. The van der Waals surface area contributed by atoms with E-state index in [4.69, 9.17) is 18.9 Å². The topological polar surface area (TPSA) is 86.7 Å². The third-order valence-corrected chi connectivity index (χ3v) is 7.33. The number of benzene rings is 3. The molecule has 1 heterocycles. The Labute approximate surface area is 199 Å². The van der Waals surface area contributed by atoms with Crippen LogP contribution in [0.2, 0.25) is 0 Å². The summed E-state index contributed by atoms with van der Waals surface area (Å²) in [5.41, 5.74) is 1.93. The zero-order valence-electron chi connectivity index (χ0n) is 19.4. The summed E-state index contributed by atoms with van der Waals surface area (Å²) >= 11 is 0. The molecule has 0 saturated carbocycles. The minimum absolute atomic E-state index is 0.148. The molecule has 4 rings (SSSR count). The van der Waals surface area contributed by atoms with E-state index in [9.17, 15) is 8.42 Å². The molecule has 0 saturated heterocycles. The summed E-state index contributed by atoms with van der Waals surface area (Å²) in [6.45, 7) is 0. The summed E-state index contributed by atoms with van der Waals surface area (Å²) in [5.74, 6) is 2.13. The van der Waals surface area contributed by atoms with Crippen LogP contribution in [0.1, 0.15) is 23.6 Å². The maximum Gasteiger partial charge on any atom is 0.279 e. The fourth-order valence-electron chi connectivity index (χ4n) is 3.97. The number of hydrazone groups is 1. The molecule has 1 aliphatic heterocycles. The van der Waals surface area contributed by atoms with Crippen molar-refractivity contribution in [2.24, 2.45) is 5.10 Å². The smallest absolute Gasteiger partial charge is 0.279 e. The molecule has 8 nitrogen and oxygen atoms in total. The summed E-state index contributed by atoms with van der Waals surface area (Å²) in [7, 11) is 2.23. The van der Waals surface area contributed by atoms with Crippen molar-refractivity contribution >= 4 is 15.7 Å². The monoisotopic (exact) mass is 482 g/mol. The van der Waals surface area contributed by atoms with E-state index in [1.165, 1.54) is 7.11 Å². The number of para-hydroxylation sites is 1. The average molecular weight is 483 g/mol. The van der Waals surface area contributed by atoms with Gasteiger partial charge < -0.3 is 18.9 Å². The predicted molar refractivity (Wildman–Crippen MR) is 128 cm³/mol. The third kappa shape index (κ3) is 4.26. The lowest BCUT2D eigenvalue weighted by Gasteiger charge is -2.25. The van der Waals surface area contributed by atoms with Gasteiger partial charge in [-0.25, -0.2) is 0 Å². The Morgan fingerprint density at radius 3 is 2.09 bits per heavy atom. The molecule has 1 aliphatic rings. The van der Waals surface area contributed by atoms with Gasteiger partial charge in [0.25, 0.3) is 10.0 Å². The molecule has 9 heteroatoms. The lowest BCUT2D eigenvalue weighted by Crippen LogP contribution is -2.27. The largest absolute Gasteiger partial charge is 0.497 e. The molecule has 0 radical (unpaired) electrons. The summed E-state index contributed by atoms with van der Waals surface area (Å²) in [6.07, 6.45) is 0.311. The molecule has 178 valence electrons. The van der Waals surface area contributed by atoms with Crippen molar-refractivity contribution in [3.63, 3.8) is 0 Å². The van der Waals surface area contributed by atoms with Crippen LogP contribution in [0.15, 0.2) is 76.7 Å². The third-order valence-electron chi connectivity index (χ3n) is 5.64. The molecule has 0 spiro atoms. The molecule has 34 heavy (non-hydrogen) atoms. The normalized spacial score (nSPS) is 15.6. The fourth-order valence-corrected chi connectivity index (χ4v) is 5.41. The highest BCUT2D eigenvalue weighted by Crippen LogP contribution is 2.44. The number of hydrogen-bond donors (Lipinski definition) is 0. The summed E-state index contributed by atoms with van der Waals surface area (Å²) < 4.78 is 50.4. The Balaban J connectivity index is 1.88. The zero-order valence-corrected chi connectivity index (χ0v) is 20.2. The van der Waals surface area contributed by atoms with Gasteiger partial charge in [0.15, 0.2) is 11.5 Å². The molecule has 1 unspecified atom stereocenters. The number of methoxy groups -OCH3 is 4. The van der Waals surface area contributed by atoms with E-state index in [0.717, 1.165) is 4.41 Å². The SMILES string of the molecule is COc1cc(OC)cc(C2=NN(S(=O)(=O)c3ccccc3)C(c3cccc(OC)c3OC)C2)c1. The van der Waals surface area contributed by atoms with E-state index < -0.39 is 16.1 Å². The maximum absolute atomic E-state index is 13.7. The minimum atomic E-state index is -3.97. The average Bonchev–Trinajstić information content (AvgIpc) is 3.34. The molecule has 0 N–H and O–H groups in total. The van der Waals surface area contributed by atoms with Gasteiger partial charge in [-0.15, -0.1) is 0 Å². The van der Waals surface area contributed by atoms with Crippen molar-refractivity contribution in [3.05, 3.63) is 77.9 Å². The van der Waals surface area contributed by atoms with Crippen LogP contribution in [0, 0.1) is 0 Å². The molecule has 3 aromatic rings. The molecule has 0 fully saturated rings. The maximum atomic E-state index is 13.7. The summed E-state index contributed by atoms with van der Waals surface area (Å²) in [6, 6.07) is 18.3. The first-order chi connectivity index (χ1) is 16.4. The second-order valence-corrected chi connectivity index (χ2v) is 9.34. The van der Waals surface area contributed by atoms with E-state index in [-0.39, 0.29) is 4.90 Å². The molecule has 0 aromatic heterocycles. The van der Waals surface area contributed by atoms with Gasteiger partial charge in [0.05, 0.1) is 45.1 Å². The van der Waals surface area contributed by atoms with Crippen LogP contribution in [0.3, 0.4) is 0 Å². The van der Waals surface area contributed by atoms with Crippen molar-refractivity contribution < 1.29 is 27.4 Å². The summed E-state index contributed by atoms with van der Waals surface area (Å²) in [4.78, 5) is 0.148. The molecule has 1 atom stereocenters.